The topological polar surface area (TPSA) is 44.8 Å². The van der Waals surface area contributed by atoms with Gasteiger partial charge < -0.3 is 14.2 Å². The highest BCUT2D eigenvalue weighted by molar-refractivity contribution is 6.36. The normalized spacial score (nSPS) is 11.0. The largest absolute Gasteiger partial charge is 0.463 e. The summed E-state index contributed by atoms with van der Waals surface area (Å²) in [5.74, 6) is -0.456. The van der Waals surface area contributed by atoms with Crippen molar-refractivity contribution >= 4 is 15.5 Å². The van der Waals surface area contributed by atoms with E-state index in [1.807, 2.05) is 0 Å². The van der Waals surface area contributed by atoms with E-state index in [-0.39, 0.29) is 11.9 Å². The zero-order valence-electron chi connectivity index (χ0n) is 8.12. The Morgan fingerprint density at radius 2 is 2.15 bits per heavy atom. The molecule has 0 fully saturated rings. The smallest absolute Gasteiger partial charge is 0.330 e. The first-order chi connectivity index (χ1) is 6.24. The van der Waals surface area contributed by atoms with E-state index in [9.17, 15) is 4.79 Å². The molecule has 0 aliphatic rings. The molecule has 13 heavy (non-hydrogen) atoms. The maximum absolute atomic E-state index is 10.6. The fourth-order valence-electron chi connectivity index (χ4n) is 0.814. The predicted octanol–water partition coefficient (Wildman–Crippen LogP) is -0.121. The molecule has 0 saturated heterocycles. The summed E-state index contributed by atoms with van der Waals surface area (Å²) in [6.07, 6.45) is 1.16. The van der Waals surface area contributed by atoms with Crippen molar-refractivity contribution in [3.05, 3.63) is 12.7 Å². The van der Waals surface area contributed by atoms with Gasteiger partial charge in [0.1, 0.15) is 5.91 Å². The molecule has 0 radical (unpaired) electrons. The SMILES string of the molecule is C=CC(=O)OCC[SiH2]C(OC)OC. The van der Waals surface area contributed by atoms with Crippen LogP contribution in [0.25, 0.3) is 0 Å². The minimum absolute atomic E-state index is 0.0811. The number of carbonyl (C=O) groups is 1. The molecule has 0 unspecified atom stereocenters. The minimum atomic E-state index is -0.481. The quantitative estimate of drug-likeness (QED) is 0.191. The Labute approximate surface area is 80.7 Å². The number of ether oxygens (including phenoxy) is 3. The van der Waals surface area contributed by atoms with Gasteiger partial charge in [0.15, 0.2) is 0 Å². The standard InChI is InChI=1S/C8H16O4Si/c1-4-7(9)12-5-6-13-8(10-2)11-3/h4,8H,1,5-6,13H2,2-3H3. The Hall–Kier alpha value is -0.653. The van der Waals surface area contributed by atoms with Crippen LogP contribution in [-0.2, 0) is 19.0 Å². The molecule has 0 bridgehead atoms. The third-order valence-corrected chi connectivity index (χ3v) is 3.36. The van der Waals surface area contributed by atoms with Crippen molar-refractivity contribution < 1.29 is 19.0 Å². The third kappa shape index (κ3) is 6.50. The average molecular weight is 204 g/mol. The second kappa shape index (κ2) is 7.97. The summed E-state index contributed by atoms with van der Waals surface area (Å²) in [7, 11) is 2.73. The van der Waals surface area contributed by atoms with Crippen LogP contribution >= 0.6 is 0 Å². The molecule has 0 amide bonds. The average Bonchev–Trinajstić information content (AvgIpc) is 2.18. The van der Waals surface area contributed by atoms with Gasteiger partial charge in [0.25, 0.3) is 0 Å². The minimum Gasteiger partial charge on any atom is -0.463 e. The summed E-state index contributed by atoms with van der Waals surface area (Å²) in [6, 6.07) is 0.853. The van der Waals surface area contributed by atoms with Crippen LogP contribution in [0.15, 0.2) is 12.7 Å². The van der Waals surface area contributed by atoms with Crippen LogP contribution in [0.5, 0.6) is 0 Å². The Morgan fingerprint density at radius 3 is 2.62 bits per heavy atom. The number of carbonyl (C=O) groups excluding carboxylic acids is 1. The van der Waals surface area contributed by atoms with E-state index >= 15 is 0 Å². The lowest BCUT2D eigenvalue weighted by atomic mass is 10.6. The summed E-state index contributed by atoms with van der Waals surface area (Å²) in [4.78, 5) is 10.6. The monoisotopic (exact) mass is 204 g/mol. The zero-order chi connectivity index (χ0) is 10.1. The highest BCUT2D eigenvalue weighted by Gasteiger charge is 2.05. The van der Waals surface area contributed by atoms with Gasteiger partial charge in [0.2, 0.25) is 0 Å². The molecule has 0 aromatic heterocycles. The van der Waals surface area contributed by atoms with Crippen LogP contribution in [0, 0.1) is 0 Å². The Balaban J connectivity index is 3.33. The molecular formula is C8H16O4Si. The van der Waals surface area contributed by atoms with Crippen LogP contribution in [0.4, 0.5) is 0 Å². The van der Waals surface area contributed by atoms with E-state index in [1.165, 1.54) is 0 Å². The molecular weight excluding hydrogens is 188 g/mol. The van der Waals surface area contributed by atoms with Crippen LogP contribution in [0.3, 0.4) is 0 Å². The molecule has 0 N–H and O–H groups in total. The van der Waals surface area contributed by atoms with Crippen LogP contribution < -0.4 is 0 Å². The van der Waals surface area contributed by atoms with Gasteiger partial charge in [-0.1, -0.05) is 6.58 Å². The molecule has 0 aromatic rings. The summed E-state index contributed by atoms with van der Waals surface area (Å²) in [5, 5.41) is 0. The second-order valence-electron chi connectivity index (χ2n) is 2.41. The van der Waals surface area contributed by atoms with Gasteiger partial charge in [-0.3, -0.25) is 0 Å². The first-order valence-corrected chi connectivity index (χ1v) is 5.91. The highest BCUT2D eigenvalue weighted by atomic mass is 28.2. The lowest BCUT2D eigenvalue weighted by Crippen LogP contribution is -2.22. The van der Waals surface area contributed by atoms with Crippen LogP contribution in [0.1, 0.15) is 0 Å². The molecule has 0 aliphatic heterocycles. The fraction of sp³-hybridized carbons (Fsp3) is 0.625. The molecule has 0 aliphatic carbocycles. The van der Waals surface area contributed by atoms with Crippen molar-refractivity contribution in [2.75, 3.05) is 20.8 Å². The van der Waals surface area contributed by atoms with Crippen molar-refractivity contribution in [1.29, 1.82) is 0 Å². The number of rotatable bonds is 7. The Bertz CT molecular complexity index is 156. The first kappa shape index (κ1) is 12.3. The van der Waals surface area contributed by atoms with Crippen molar-refractivity contribution in [3.63, 3.8) is 0 Å². The molecule has 4 nitrogen and oxygen atoms in total. The molecule has 5 heteroatoms. The third-order valence-electron chi connectivity index (χ3n) is 1.52. The summed E-state index contributed by atoms with van der Waals surface area (Å²) in [6.45, 7) is 3.73. The Kier molecular flexibility index (Phi) is 7.57. The number of hydrogen-bond acceptors (Lipinski definition) is 4. The van der Waals surface area contributed by atoms with Gasteiger partial charge >= 0.3 is 5.97 Å². The molecule has 0 rings (SSSR count). The summed E-state index contributed by atoms with van der Waals surface area (Å²) >= 11 is 0. The van der Waals surface area contributed by atoms with Crippen molar-refractivity contribution in [3.8, 4) is 0 Å². The molecule has 0 aromatic carbocycles. The van der Waals surface area contributed by atoms with Gasteiger partial charge in [0, 0.05) is 20.3 Å². The maximum Gasteiger partial charge on any atom is 0.330 e. The van der Waals surface area contributed by atoms with Crippen molar-refractivity contribution in [1.82, 2.24) is 0 Å². The van der Waals surface area contributed by atoms with Gasteiger partial charge in [-0.25, -0.2) is 4.79 Å². The van der Waals surface area contributed by atoms with E-state index in [2.05, 4.69) is 6.58 Å². The van der Waals surface area contributed by atoms with Crippen LogP contribution in [-0.4, -0.2) is 42.2 Å². The summed E-state index contributed by atoms with van der Waals surface area (Å²) in [5.41, 5.74) is 0. The van der Waals surface area contributed by atoms with E-state index in [0.717, 1.165) is 12.1 Å². The predicted molar refractivity (Wildman–Crippen MR) is 52.3 cm³/mol. The molecule has 0 spiro atoms. The van der Waals surface area contributed by atoms with Crippen molar-refractivity contribution in [2.24, 2.45) is 0 Å². The Morgan fingerprint density at radius 1 is 1.54 bits per heavy atom. The van der Waals surface area contributed by atoms with E-state index < -0.39 is 9.52 Å². The summed E-state index contributed by atoms with van der Waals surface area (Å²) < 4.78 is 14.8. The van der Waals surface area contributed by atoms with E-state index in [0.29, 0.717) is 6.61 Å². The van der Waals surface area contributed by atoms with Crippen molar-refractivity contribution in [2.45, 2.75) is 12.0 Å². The fourth-order valence-corrected chi connectivity index (χ4v) is 1.93. The van der Waals surface area contributed by atoms with Crippen LogP contribution in [0.2, 0.25) is 6.04 Å². The van der Waals surface area contributed by atoms with E-state index in [4.69, 9.17) is 14.2 Å². The van der Waals surface area contributed by atoms with Gasteiger partial charge in [-0.2, -0.15) is 0 Å². The molecule has 0 atom stereocenters. The highest BCUT2D eigenvalue weighted by Crippen LogP contribution is 1.93. The van der Waals surface area contributed by atoms with Gasteiger partial charge in [-0.15, -0.1) is 0 Å². The number of hydrogen-bond donors (Lipinski definition) is 0. The molecule has 0 heterocycles. The second-order valence-corrected chi connectivity index (χ2v) is 4.37. The number of methoxy groups -OCH3 is 2. The lowest BCUT2D eigenvalue weighted by Gasteiger charge is -2.11. The zero-order valence-corrected chi connectivity index (χ0v) is 9.53. The van der Waals surface area contributed by atoms with Gasteiger partial charge in [0.05, 0.1) is 16.1 Å². The maximum atomic E-state index is 10.6. The number of esters is 1. The molecule has 76 valence electrons. The first-order valence-electron chi connectivity index (χ1n) is 4.09. The lowest BCUT2D eigenvalue weighted by molar-refractivity contribution is -0.137. The molecule has 0 saturated carbocycles. The van der Waals surface area contributed by atoms with Gasteiger partial charge in [-0.05, 0) is 6.04 Å². The van der Waals surface area contributed by atoms with E-state index in [1.54, 1.807) is 14.2 Å².